The summed E-state index contributed by atoms with van der Waals surface area (Å²) in [6.45, 7) is 3.07. The van der Waals surface area contributed by atoms with Crippen molar-refractivity contribution in [2.24, 2.45) is 5.73 Å². The predicted molar refractivity (Wildman–Crippen MR) is 80.1 cm³/mol. The Morgan fingerprint density at radius 2 is 2.29 bits per heavy atom. The number of morpholine rings is 1. The van der Waals surface area contributed by atoms with E-state index < -0.39 is 4.92 Å². The molecule has 2 atom stereocenters. The van der Waals surface area contributed by atoms with E-state index in [2.05, 4.69) is 15.9 Å². The highest BCUT2D eigenvalue weighted by Gasteiger charge is 2.28. The van der Waals surface area contributed by atoms with Gasteiger partial charge in [-0.05, 0) is 13.0 Å². The highest BCUT2D eigenvalue weighted by molar-refractivity contribution is 9.10. The molecule has 1 aliphatic rings. The number of hydrogen-bond donors (Lipinski definition) is 1. The zero-order valence-corrected chi connectivity index (χ0v) is 13.1. The minimum atomic E-state index is -0.522. The van der Waals surface area contributed by atoms with Crippen molar-refractivity contribution < 1.29 is 14.5 Å². The molecule has 1 saturated heterocycles. The van der Waals surface area contributed by atoms with Gasteiger partial charge in [-0.15, -0.1) is 0 Å². The van der Waals surface area contributed by atoms with E-state index in [0.717, 1.165) is 0 Å². The second kappa shape index (κ2) is 6.50. The number of halogens is 1. The summed E-state index contributed by atoms with van der Waals surface area (Å²) < 4.78 is 6.00. The Hall–Kier alpha value is -1.51. The lowest BCUT2D eigenvalue weighted by atomic mass is 10.1. The van der Waals surface area contributed by atoms with Gasteiger partial charge in [-0.3, -0.25) is 14.9 Å². The number of nitrogens with zero attached hydrogens (tertiary/aromatic N) is 2. The SMILES string of the molecule is CC(N)C1CN(C(=O)c2cc(Br)cc([N+](=O)[O-])c2)CCO1. The van der Waals surface area contributed by atoms with E-state index in [4.69, 9.17) is 10.5 Å². The molecule has 21 heavy (non-hydrogen) atoms. The van der Waals surface area contributed by atoms with Crippen molar-refractivity contribution >= 4 is 27.5 Å². The minimum Gasteiger partial charge on any atom is -0.373 e. The van der Waals surface area contributed by atoms with Crippen molar-refractivity contribution in [3.05, 3.63) is 38.3 Å². The molecule has 0 spiro atoms. The summed E-state index contributed by atoms with van der Waals surface area (Å²) in [5.74, 6) is -0.256. The second-order valence-electron chi connectivity index (χ2n) is 4.97. The fraction of sp³-hybridized carbons (Fsp3) is 0.462. The molecule has 7 nitrogen and oxygen atoms in total. The number of non-ortho nitro benzene ring substituents is 1. The molecule has 0 aliphatic carbocycles. The van der Waals surface area contributed by atoms with Crippen LogP contribution in [0.25, 0.3) is 0 Å². The van der Waals surface area contributed by atoms with E-state index in [-0.39, 0.29) is 29.3 Å². The van der Waals surface area contributed by atoms with Gasteiger partial charge in [0.2, 0.25) is 0 Å². The summed E-state index contributed by atoms with van der Waals surface area (Å²) in [6.07, 6.45) is -0.218. The van der Waals surface area contributed by atoms with Crippen LogP contribution < -0.4 is 5.73 Å². The monoisotopic (exact) mass is 357 g/mol. The molecule has 2 rings (SSSR count). The van der Waals surface area contributed by atoms with Crippen LogP contribution in [0.4, 0.5) is 5.69 Å². The summed E-state index contributed by atoms with van der Waals surface area (Å²) >= 11 is 3.19. The second-order valence-corrected chi connectivity index (χ2v) is 5.89. The van der Waals surface area contributed by atoms with Crippen LogP contribution in [0.2, 0.25) is 0 Å². The van der Waals surface area contributed by atoms with Crippen molar-refractivity contribution in [3.63, 3.8) is 0 Å². The molecule has 1 heterocycles. The van der Waals surface area contributed by atoms with Gasteiger partial charge in [0.1, 0.15) is 0 Å². The molecular formula is C13H16BrN3O4. The lowest BCUT2D eigenvalue weighted by Gasteiger charge is -2.34. The number of hydrogen-bond acceptors (Lipinski definition) is 5. The smallest absolute Gasteiger partial charge is 0.271 e. The van der Waals surface area contributed by atoms with Gasteiger partial charge >= 0.3 is 0 Å². The van der Waals surface area contributed by atoms with Crippen LogP contribution in [0.3, 0.4) is 0 Å². The Morgan fingerprint density at radius 3 is 2.90 bits per heavy atom. The summed E-state index contributed by atoms with van der Waals surface area (Å²) in [5, 5.41) is 10.9. The fourth-order valence-corrected chi connectivity index (χ4v) is 2.64. The molecule has 8 heteroatoms. The highest BCUT2D eigenvalue weighted by atomic mass is 79.9. The molecule has 2 N–H and O–H groups in total. The van der Waals surface area contributed by atoms with Crippen LogP contribution in [0.5, 0.6) is 0 Å². The Labute approximate surface area is 130 Å². The summed E-state index contributed by atoms with van der Waals surface area (Å²) in [7, 11) is 0. The number of benzene rings is 1. The quantitative estimate of drug-likeness (QED) is 0.653. The van der Waals surface area contributed by atoms with E-state index in [1.165, 1.54) is 12.1 Å². The first-order valence-corrected chi connectivity index (χ1v) is 7.29. The fourth-order valence-electron chi connectivity index (χ4n) is 2.16. The molecule has 0 bridgehead atoms. The Bertz CT molecular complexity index is 564. The largest absolute Gasteiger partial charge is 0.373 e. The third-order valence-corrected chi connectivity index (χ3v) is 3.77. The molecule has 114 valence electrons. The topological polar surface area (TPSA) is 98.7 Å². The van der Waals surface area contributed by atoms with E-state index in [1.807, 2.05) is 6.92 Å². The molecule has 0 saturated carbocycles. The van der Waals surface area contributed by atoms with Crippen LogP contribution in [-0.2, 0) is 4.74 Å². The first-order chi connectivity index (χ1) is 9.88. The van der Waals surface area contributed by atoms with Gasteiger partial charge in [0.15, 0.2) is 0 Å². The first-order valence-electron chi connectivity index (χ1n) is 6.50. The standard InChI is InChI=1S/C13H16BrN3O4/c1-8(15)12-7-16(2-3-21-12)13(18)9-4-10(14)6-11(5-9)17(19)20/h4-6,8,12H,2-3,7,15H2,1H3. The van der Waals surface area contributed by atoms with Crippen molar-refractivity contribution in [3.8, 4) is 0 Å². The van der Waals surface area contributed by atoms with Crippen LogP contribution in [0.1, 0.15) is 17.3 Å². The van der Waals surface area contributed by atoms with Crippen LogP contribution in [0.15, 0.2) is 22.7 Å². The molecular weight excluding hydrogens is 342 g/mol. The lowest BCUT2D eigenvalue weighted by Crippen LogP contribution is -2.51. The van der Waals surface area contributed by atoms with Crippen molar-refractivity contribution in [2.75, 3.05) is 19.7 Å². The van der Waals surface area contributed by atoms with E-state index in [1.54, 1.807) is 11.0 Å². The number of nitro benzene ring substituents is 1. The third kappa shape index (κ3) is 3.78. The minimum absolute atomic E-state index is 0.121. The van der Waals surface area contributed by atoms with Gasteiger partial charge in [0.25, 0.3) is 11.6 Å². The summed E-state index contributed by atoms with van der Waals surface area (Å²) in [4.78, 5) is 24.4. The van der Waals surface area contributed by atoms with Gasteiger partial charge in [-0.2, -0.15) is 0 Å². The van der Waals surface area contributed by atoms with Crippen LogP contribution in [0, 0.1) is 10.1 Å². The number of amides is 1. The summed E-state index contributed by atoms with van der Waals surface area (Å²) in [6, 6.07) is 4.04. The number of ether oxygens (including phenoxy) is 1. The normalized spacial score (nSPS) is 20.1. The Balaban J connectivity index is 2.21. The molecule has 1 amide bonds. The predicted octanol–water partition coefficient (Wildman–Crippen LogP) is 1.55. The number of carbonyl (C=O) groups excluding carboxylic acids is 1. The molecule has 2 unspecified atom stereocenters. The van der Waals surface area contributed by atoms with Crippen LogP contribution in [-0.4, -0.2) is 47.6 Å². The molecule has 0 aromatic heterocycles. The van der Waals surface area contributed by atoms with E-state index >= 15 is 0 Å². The van der Waals surface area contributed by atoms with E-state index in [0.29, 0.717) is 24.2 Å². The van der Waals surface area contributed by atoms with Gasteiger partial charge in [0.05, 0.1) is 17.6 Å². The lowest BCUT2D eigenvalue weighted by molar-refractivity contribution is -0.385. The zero-order chi connectivity index (χ0) is 15.6. The molecule has 1 fully saturated rings. The summed E-state index contributed by atoms with van der Waals surface area (Å²) in [5.41, 5.74) is 5.95. The number of rotatable bonds is 3. The van der Waals surface area contributed by atoms with Gasteiger partial charge in [0, 0.05) is 41.3 Å². The molecule has 0 radical (unpaired) electrons. The molecule has 1 aromatic carbocycles. The average molecular weight is 358 g/mol. The van der Waals surface area contributed by atoms with Gasteiger partial charge < -0.3 is 15.4 Å². The number of nitro groups is 1. The third-order valence-electron chi connectivity index (χ3n) is 3.31. The van der Waals surface area contributed by atoms with Crippen LogP contribution >= 0.6 is 15.9 Å². The molecule has 1 aliphatic heterocycles. The van der Waals surface area contributed by atoms with Gasteiger partial charge in [-0.1, -0.05) is 15.9 Å². The number of nitrogens with two attached hydrogens (primary N) is 1. The van der Waals surface area contributed by atoms with Gasteiger partial charge in [-0.25, -0.2) is 0 Å². The molecule has 1 aromatic rings. The van der Waals surface area contributed by atoms with Crippen molar-refractivity contribution in [1.29, 1.82) is 0 Å². The maximum absolute atomic E-state index is 12.5. The van der Waals surface area contributed by atoms with Crippen molar-refractivity contribution in [2.45, 2.75) is 19.1 Å². The zero-order valence-electron chi connectivity index (χ0n) is 11.5. The Kier molecular flexibility index (Phi) is 4.92. The first kappa shape index (κ1) is 15.9. The highest BCUT2D eigenvalue weighted by Crippen LogP contribution is 2.23. The number of carbonyl (C=O) groups is 1. The maximum Gasteiger partial charge on any atom is 0.271 e. The maximum atomic E-state index is 12.5. The average Bonchev–Trinajstić information content (AvgIpc) is 2.45. The van der Waals surface area contributed by atoms with E-state index in [9.17, 15) is 14.9 Å². The van der Waals surface area contributed by atoms with Crippen molar-refractivity contribution in [1.82, 2.24) is 4.90 Å². The Morgan fingerprint density at radius 1 is 1.57 bits per heavy atom.